The van der Waals surface area contributed by atoms with Crippen molar-refractivity contribution in [2.45, 2.75) is 19.3 Å². The van der Waals surface area contributed by atoms with Crippen molar-refractivity contribution in [3.05, 3.63) is 95.8 Å². The molecule has 0 saturated heterocycles. The molecule has 3 heteroatoms. The number of hydrogen-bond acceptors (Lipinski definition) is 2. The van der Waals surface area contributed by atoms with Gasteiger partial charge in [-0.15, -0.1) is 0 Å². The van der Waals surface area contributed by atoms with Gasteiger partial charge in [0.15, 0.2) is 0 Å². The first kappa shape index (κ1) is 15.9. The molecule has 0 aliphatic carbocycles. The molecule has 3 rings (SSSR count). The quantitative estimate of drug-likeness (QED) is 0.760. The Bertz CT molecular complexity index is 800. The topological polar surface area (TPSA) is 42.0 Å². The number of amides is 1. The first-order valence-electron chi connectivity index (χ1n) is 8.05. The van der Waals surface area contributed by atoms with Crippen LogP contribution in [-0.4, -0.2) is 10.9 Å². The van der Waals surface area contributed by atoms with Crippen LogP contribution in [0.1, 0.15) is 22.7 Å². The summed E-state index contributed by atoms with van der Waals surface area (Å²) in [6, 6.07) is 23.5. The number of aryl methyl sites for hydroxylation is 1. The highest BCUT2D eigenvalue weighted by Gasteiger charge is 2.22. The van der Waals surface area contributed by atoms with Crippen LogP contribution in [0, 0.1) is 6.92 Å². The number of pyridine rings is 1. The third-order valence-corrected chi connectivity index (χ3v) is 4.06. The summed E-state index contributed by atoms with van der Waals surface area (Å²) in [4.78, 5) is 17.3. The molecule has 2 aromatic carbocycles. The fourth-order valence-electron chi connectivity index (χ4n) is 2.71. The molecule has 1 heterocycles. The van der Waals surface area contributed by atoms with Crippen molar-refractivity contribution in [2.24, 2.45) is 0 Å². The second-order valence-electron chi connectivity index (χ2n) is 5.79. The average molecular weight is 316 g/mol. The van der Waals surface area contributed by atoms with Gasteiger partial charge in [0.05, 0.1) is 5.92 Å². The molecule has 0 spiro atoms. The lowest BCUT2D eigenvalue weighted by Gasteiger charge is -2.18. The number of carbonyl (C=O) groups excluding carboxylic acids is 1. The molecule has 24 heavy (non-hydrogen) atoms. The monoisotopic (exact) mass is 316 g/mol. The van der Waals surface area contributed by atoms with Gasteiger partial charge in [0.2, 0.25) is 5.91 Å². The van der Waals surface area contributed by atoms with Gasteiger partial charge in [-0.25, -0.2) is 0 Å². The second kappa shape index (κ2) is 7.55. The second-order valence-corrected chi connectivity index (χ2v) is 5.79. The largest absolute Gasteiger partial charge is 0.325 e. The molecule has 0 aliphatic heterocycles. The molecule has 0 fully saturated rings. The minimum Gasteiger partial charge on any atom is -0.325 e. The summed E-state index contributed by atoms with van der Waals surface area (Å²) in [7, 11) is 0. The summed E-state index contributed by atoms with van der Waals surface area (Å²) in [6.07, 6.45) is 2.33. The number of rotatable bonds is 5. The Labute approximate surface area is 142 Å². The molecular weight excluding hydrogens is 296 g/mol. The van der Waals surface area contributed by atoms with Gasteiger partial charge in [-0.05, 0) is 36.2 Å². The first-order chi connectivity index (χ1) is 11.7. The molecule has 3 aromatic rings. The fraction of sp³-hybridized carbons (Fsp3) is 0.143. The van der Waals surface area contributed by atoms with Crippen molar-refractivity contribution in [1.29, 1.82) is 0 Å². The Kier molecular flexibility index (Phi) is 5.02. The average Bonchev–Trinajstić information content (AvgIpc) is 2.63. The summed E-state index contributed by atoms with van der Waals surface area (Å²) < 4.78 is 0. The van der Waals surface area contributed by atoms with Crippen LogP contribution in [0.2, 0.25) is 0 Å². The number of benzene rings is 2. The van der Waals surface area contributed by atoms with E-state index in [1.165, 1.54) is 0 Å². The van der Waals surface area contributed by atoms with Crippen molar-refractivity contribution in [1.82, 2.24) is 4.98 Å². The lowest BCUT2D eigenvalue weighted by molar-refractivity contribution is -0.117. The Morgan fingerprint density at radius 2 is 1.67 bits per heavy atom. The maximum Gasteiger partial charge on any atom is 0.232 e. The Morgan fingerprint density at radius 1 is 0.958 bits per heavy atom. The van der Waals surface area contributed by atoms with Crippen molar-refractivity contribution in [3.63, 3.8) is 0 Å². The third-order valence-electron chi connectivity index (χ3n) is 4.06. The standard InChI is InChI=1S/C21H20N2O/c1-16-9-5-6-13-20(16)23-21(24)19(17-10-3-2-4-11-17)15-18-12-7-8-14-22-18/h2-14,19H,15H2,1H3,(H,23,24). The van der Waals surface area contributed by atoms with E-state index in [2.05, 4.69) is 10.3 Å². The van der Waals surface area contributed by atoms with Gasteiger partial charge in [-0.1, -0.05) is 54.6 Å². The van der Waals surface area contributed by atoms with Crippen LogP contribution >= 0.6 is 0 Å². The van der Waals surface area contributed by atoms with Gasteiger partial charge >= 0.3 is 0 Å². The normalized spacial score (nSPS) is 11.7. The molecule has 1 unspecified atom stereocenters. The SMILES string of the molecule is Cc1ccccc1NC(=O)C(Cc1ccccn1)c1ccccc1. The van der Waals surface area contributed by atoms with E-state index in [9.17, 15) is 4.79 Å². The third kappa shape index (κ3) is 3.87. The number of aromatic nitrogens is 1. The predicted molar refractivity (Wildman–Crippen MR) is 96.9 cm³/mol. The Balaban J connectivity index is 1.87. The van der Waals surface area contributed by atoms with E-state index in [1.807, 2.05) is 79.7 Å². The number of hydrogen-bond donors (Lipinski definition) is 1. The highest BCUT2D eigenvalue weighted by atomic mass is 16.1. The Morgan fingerprint density at radius 3 is 2.38 bits per heavy atom. The molecular formula is C21H20N2O. The number of nitrogens with zero attached hydrogens (tertiary/aromatic N) is 1. The maximum absolute atomic E-state index is 12.9. The van der Waals surface area contributed by atoms with Gasteiger partial charge in [0.25, 0.3) is 0 Å². The summed E-state index contributed by atoms with van der Waals surface area (Å²) >= 11 is 0. The number of nitrogens with one attached hydrogen (secondary N) is 1. The van der Waals surface area contributed by atoms with Crippen molar-refractivity contribution in [3.8, 4) is 0 Å². The molecule has 3 nitrogen and oxygen atoms in total. The zero-order valence-corrected chi connectivity index (χ0v) is 13.6. The molecule has 0 saturated carbocycles. The maximum atomic E-state index is 12.9. The molecule has 1 amide bonds. The molecule has 1 N–H and O–H groups in total. The summed E-state index contributed by atoms with van der Waals surface area (Å²) in [5.41, 5.74) is 3.81. The van der Waals surface area contributed by atoms with Gasteiger partial charge in [-0.2, -0.15) is 0 Å². The Hall–Kier alpha value is -2.94. The fourth-order valence-corrected chi connectivity index (χ4v) is 2.71. The number of carbonyl (C=O) groups is 1. The highest BCUT2D eigenvalue weighted by molar-refractivity contribution is 5.96. The number of para-hydroxylation sites is 1. The van der Waals surface area contributed by atoms with Crippen molar-refractivity contribution >= 4 is 11.6 Å². The highest BCUT2D eigenvalue weighted by Crippen LogP contribution is 2.23. The summed E-state index contributed by atoms with van der Waals surface area (Å²) in [5.74, 6) is -0.290. The van der Waals surface area contributed by atoms with Crippen LogP contribution < -0.4 is 5.32 Å². The van der Waals surface area contributed by atoms with Crippen LogP contribution in [0.5, 0.6) is 0 Å². The number of anilines is 1. The van der Waals surface area contributed by atoms with E-state index in [-0.39, 0.29) is 11.8 Å². The molecule has 1 atom stereocenters. The molecule has 0 aliphatic rings. The van der Waals surface area contributed by atoms with Crippen molar-refractivity contribution in [2.75, 3.05) is 5.32 Å². The van der Waals surface area contributed by atoms with Crippen LogP contribution in [0.4, 0.5) is 5.69 Å². The van der Waals surface area contributed by atoms with E-state index < -0.39 is 0 Å². The summed E-state index contributed by atoms with van der Waals surface area (Å²) in [5, 5.41) is 3.06. The van der Waals surface area contributed by atoms with Crippen LogP contribution in [-0.2, 0) is 11.2 Å². The van der Waals surface area contributed by atoms with E-state index in [0.29, 0.717) is 6.42 Å². The molecule has 0 radical (unpaired) electrons. The van der Waals surface area contributed by atoms with E-state index in [0.717, 1.165) is 22.5 Å². The zero-order valence-electron chi connectivity index (χ0n) is 13.6. The van der Waals surface area contributed by atoms with E-state index >= 15 is 0 Å². The van der Waals surface area contributed by atoms with Gasteiger partial charge in [0, 0.05) is 24.0 Å². The minimum absolute atomic E-state index is 0.0128. The zero-order chi connectivity index (χ0) is 16.8. The van der Waals surface area contributed by atoms with Crippen molar-refractivity contribution < 1.29 is 4.79 Å². The lowest BCUT2D eigenvalue weighted by Crippen LogP contribution is -2.23. The van der Waals surface area contributed by atoms with Crippen LogP contribution in [0.3, 0.4) is 0 Å². The predicted octanol–water partition coefficient (Wildman–Crippen LogP) is 4.36. The van der Waals surface area contributed by atoms with E-state index in [4.69, 9.17) is 0 Å². The van der Waals surface area contributed by atoms with Gasteiger partial charge in [0.1, 0.15) is 0 Å². The van der Waals surface area contributed by atoms with E-state index in [1.54, 1.807) is 6.20 Å². The minimum atomic E-state index is -0.277. The lowest BCUT2D eigenvalue weighted by atomic mass is 9.93. The smallest absolute Gasteiger partial charge is 0.232 e. The van der Waals surface area contributed by atoms with Gasteiger partial charge < -0.3 is 5.32 Å². The molecule has 120 valence electrons. The van der Waals surface area contributed by atoms with Crippen LogP contribution in [0.15, 0.2) is 79.0 Å². The van der Waals surface area contributed by atoms with Crippen LogP contribution in [0.25, 0.3) is 0 Å². The first-order valence-corrected chi connectivity index (χ1v) is 8.05. The molecule has 1 aromatic heterocycles. The molecule has 0 bridgehead atoms. The summed E-state index contributed by atoms with van der Waals surface area (Å²) in [6.45, 7) is 1.99. The van der Waals surface area contributed by atoms with Gasteiger partial charge in [-0.3, -0.25) is 9.78 Å².